The summed E-state index contributed by atoms with van der Waals surface area (Å²) in [4.78, 5) is 29.0. The normalized spacial score (nSPS) is 24.7. The van der Waals surface area contributed by atoms with E-state index in [0.717, 1.165) is 37.2 Å². The van der Waals surface area contributed by atoms with Gasteiger partial charge in [-0.15, -0.1) is 0 Å². The Morgan fingerprint density at radius 2 is 1.88 bits per heavy atom. The number of likely N-dealkylation sites (tertiary alicyclic amines) is 2. The predicted octanol–water partition coefficient (Wildman–Crippen LogP) is 1.41. The van der Waals surface area contributed by atoms with Crippen molar-refractivity contribution in [1.82, 2.24) is 9.80 Å². The Morgan fingerprint density at radius 1 is 1.24 bits per heavy atom. The van der Waals surface area contributed by atoms with Crippen molar-refractivity contribution in [2.75, 3.05) is 33.8 Å². The zero-order valence-electron chi connectivity index (χ0n) is 15.0. The molecule has 6 nitrogen and oxygen atoms in total. The first kappa shape index (κ1) is 17.7. The lowest BCUT2D eigenvalue weighted by Crippen LogP contribution is -2.44. The minimum atomic E-state index is -0.319. The van der Waals surface area contributed by atoms with E-state index in [1.54, 1.807) is 19.1 Å². The van der Waals surface area contributed by atoms with Gasteiger partial charge in [-0.25, -0.2) is 0 Å². The number of piperidine rings is 1. The highest BCUT2D eigenvalue weighted by atomic mass is 16.5. The number of carbonyl (C=O) groups is 2. The molecule has 2 saturated heterocycles. The molecule has 6 heteroatoms. The quantitative estimate of drug-likeness (QED) is 0.895. The maximum Gasteiger partial charge on any atom is 0.228 e. The van der Waals surface area contributed by atoms with E-state index in [9.17, 15) is 9.59 Å². The molecule has 25 heavy (non-hydrogen) atoms. The largest absolute Gasteiger partial charge is 0.497 e. The Labute approximate surface area is 148 Å². The van der Waals surface area contributed by atoms with E-state index in [1.807, 2.05) is 29.2 Å². The molecule has 1 aromatic rings. The Kier molecular flexibility index (Phi) is 5.27. The lowest BCUT2D eigenvalue weighted by atomic mass is 9.90. The first-order valence-electron chi connectivity index (χ1n) is 8.93. The molecule has 136 valence electrons. The summed E-state index contributed by atoms with van der Waals surface area (Å²) >= 11 is 0. The summed E-state index contributed by atoms with van der Waals surface area (Å²) in [7, 11) is 3.41. The summed E-state index contributed by atoms with van der Waals surface area (Å²) in [6.45, 7) is 2.16. The van der Waals surface area contributed by atoms with E-state index in [4.69, 9.17) is 10.5 Å². The van der Waals surface area contributed by atoms with Crippen molar-refractivity contribution in [3.8, 4) is 5.75 Å². The summed E-state index contributed by atoms with van der Waals surface area (Å²) in [5.74, 6) is 1.07. The van der Waals surface area contributed by atoms with Crippen molar-refractivity contribution in [2.24, 2.45) is 17.6 Å². The van der Waals surface area contributed by atoms with Crippen molar-refractivity contribution in [3.63, 3.8) is 0 Å². The van der Waals surface area contributed by atoms with Crippen LogP contribution in [0.5, 0.6) is 5.75 Å². The fraction of sp³-hybridized carbons (Fsp3) is 0.579. The molecular formula is C19H27N3O3. The molecule has 0 unspecified atom stereocenters. The van der Waals surface area contributed by atoms with E-state index < -0.39 is 0 Å². The van der Waals surface area contributed by atoms with Gasteiger partial charge in [0.15, 0.2) is 0 Å². The molecular weight excluding hydrogens is 318 g/mol. The van der Waals surface area contributed by atoms with E-state index in [1.165, 1.54) is 0 Å². The molecule has 2 amide bonds. The number of carbonyl (C=O) groups excluding carboxylic acids is 2. The number of hydrogen-bond donors (Lipinski definition) is 1. The van der Waals surface area contributed by atoms with Gasteiger partial charge in [-0.3, -0.25) is 9.59 Å². The first-order chi connectivity index (χ1) is 12.0. The highest BCUT2D eigenvalue weighted by Gasteiger charge is 2.44. The average Bonchev–Trinajstić information content (AvgIpc) is 2.96. The molecule has 2 aliphatic rings. The zero-order valence-corrected chi connectivity index (χ0v) is 15.0. The fourth-order valence-electron chi connectivity index (χ4n) is 3.97. The molecule has 3 rings (SSSR count). The van der Waals surface area contributed by atoms with E-state index in [-0.39, 0.29) is 30.2 Å². The summed E-state index contributed by atoms with van der Waals surface area (Å²) in [5, 5.41) is 0. The molecule has 2 N–H and O–H groups in total. The standard InChI is InChI=1S/C19H27N3O3/c1-21-17(23)11-16(18(21)14-3-5-15(25-2)6-4-14)19(24)22-9-7-13(12-20)8-10-22/h3-6,13,16,18H,7-12,20H2,1-2H3/t16-,18+/m0/s1. The monoisotopic (exact) mass is 345 g/mol. The number of amides is 2. The summed E-state index contributed by atoms with van der Waals surface area (Å²) < 4.78 is 5.20. The number of hydrogen-bond acceptors (Lipinski definition) is 4. The number of nitrogens with zero attached hydrogens (tertiary/aromatic N) is 2. The number of nitrogens with two attached hydrogens (primary N) is 1. The molecule has 0 bridgehead atoms. The van der Waals surface area contributed by atoms with Crippen LogP contribution in [0.4, 0.5) is 0 Å². The third kappa shape index (κ3) is 3.49. The lowest BCUT2D eigenvalue weighted by Gasteiger charge is -2.34. The van der Waals surface area contributed by atoms with Crippen LogP contribution in [-0.2, 0) is 9.59 Å². The van der Waals surface area contributed by atoms with Crippen LogP contribution in [0.1, 0.15) is 30.9 Å². The smallest absolute Gasteiger partial charge is 0.228 e. The van der Waals surface area contributed by atoms with Crippen LogP contribution in [0.25, 0.3) is 0 Å². The van der Waals surface area contributed by atoms with Crippen LogP contribution < -0.4 is 10.5 Å². The highest BCUT2D eigenvalue weighted by Crippen LogP contribution is 2.39. The lowest BCUT2D eigenvalue weighted by molar-refractivity contribution is -0.138. The molecule has 2 atom stereocenters. The number of ether oxygens (including phenoxy) is 1. The second-order valence-electron chi connectivity index (χ2n) is 7.04. The van der Waals surface area contributed by atoms with Gasteiger partial charge in [-0.1, -0.05) is 12.1 Å². The van der Waals surface area contributed by atoms with Gasteiger partial charge in [-0.2, -0.15) is 0 Å². The van der Waals surface area contributed by atoms with Gasteiger partial charge in [-0.05, 0) is 43.0 Å². The summed E-state index contributed by atoms with van der Waals surface area (Å²) in [5.41, 5.74) is 6.72. The van der Waals surface area contributed by atoms with Gasteiger partial charge in [0.2, 0.25) is 11.8 Å². The van der Waals surface area contributed by atoms with Crippen LogP contribution in [0.15, 0.2) is 24.3 Å². The molecule has 0 saturated carbocycles. The van der Waals surface area contributed by atoms with E-state index >= 15 is 0 Å². The highest BCUT2D eigenvalue weighted by molar-refractivity contribution is 5.90. The van der Waals surface area contributed by atoms with Crippen molar-refractivity contribution in [1.29, 1.82) is 0 Å². The van der Waals surface area contributed by atoms with Crippen LogP contribution in [-0.4, -0.2) is 55.4 Å². The van der Waals surface area contributed by atoms with Crippen molar-refractivity contribution < 1.29 is 14.3 Å². The van der Waals surface area contributed by atoms with E-state index in [2.05, 4.69) is 0 Å². The van der Waals surface area contributed by atoms with Crippen LogP contribution in [0.3, 0.4) is 0 Å². The van der Waals surface area contributed by atoms with Gasteiger partial charge in [0.25, 0.3) is 0 Å². The molecule has 0 radical (unpaired) electrons. The van der Waals surface area contributed by atoms with Crippen LogP contribution in [0.2, 0.25) is 0 Å². The molecule has 0 aromatic heterocycles. The Hall–Kier alpha value is -2.08. The Bertz CT molecular complexity index is 623. The van der Waals surface area contributed by atoms with Crippen molar-refractivity contribution in [3.05, 3.63) is 29.8 Å². The number of benzene rings is 1. The van der Waals surface area contributed by atoms with Gasteiger partial charge >= 0.3 is 0 Å². The molecule has 1 aromatic carbocycles. The Balaban J connectivity index is 1.78. The minimum Gasteiger partial charge on any atom is -0.497 e. The first-order valence-corrected chi connectivity index (χ1v) is 8.93. The van der Waals surface area contributed by atoms with Gasteiger partial charge in [0.05, 0.1) is 19.1 Å². The van der Waals surface area contributed by atoms with Gasteiger partial charge in [0, 0.05) is 26.6 Å². The third-order valence-corrected chi connectivity index (χ3v) is 5.62. The molecule has 0 aliphatic carbocycles. The number of rotatable bonds is 4. The topological polar surface area (TPSA) is 75.9 Å². The molecule has 2 fully saturated rings. The van der Waals surface area contributed by atoms with Gasteiger partial charge in [0.1, 0.15) is 5.75 Å². The maximum absolute atomic E-state index is 13.1. The molecule has 0 spiro atoms. The number of methoxy groups -OCH3 is 1. The molecule has 2 heterocycles. The summed E-state index contributed by atoms with van der Waals surface area (Å²) in [6, 6.07) is 7.43. The van der Waals surface area contributed by atoms with Crippen molar-refractivity contribution >= 4 is 11.8 Å². The minimum absolute atomic E-state index is 0.0241. The molecule has 2 aliphatic heterocycles. The average molecular weight is 345 g/mol. The zero-order chi connectivity index (χ0) is 18.0. The van der Waals surface area contributed by atoms with Crippen LogP contribution >= 0.6 is 0 Å². The third-order valence-electron chi connectivity index (χ3n) is 5.62. The second-order valence-corrected chi connectivity index (χ2v) is 7.04. The van der Waals surface area contributed by atoms with Gasteiger partial charge < -0.3 is 20.3 Å². The Morgan fingerprint density at radius 3 is 2.44 bits per heavy atom. The van der Waals surface area contributed by atoms with Crippen LogP contribution in [0, 0.1) is 11.8 Å². The predicted molar refractivity (Wildman–Crippen MR) is 95.0 cm³/mol. The van der Waals surface area contributed by atoms with E-state index in [0.29, 0.717) is 12.5 Å². The SMILES string of the molecule is COc1ccc([C@@H]2[C@@H](C(=O)N3CCC(CN)CC3)CC(=O)N2C)cc1. The maximum atomic E-state index is 13.1. The second kappa shape index (κ2) is 7.44. The fourth-order valence-corrected chi connectivity index (χ4v) is 3.97. The van der Waals surface area contributed by atoms with Crippen molar-refractivity contribution in [2.45, 2.75) is 25.3 Å². The summed E-state index contributed by atoms with van der Waals surface area (Å²) in [6.07, 6.45) is 2.18.